The third-order valence-electron chi connectivity index (χ3n) is 2.03. The van der Waals surface area contributed by atoms with Crippen molar-refractivity contribution >= 4 is 21.8 Å². The zero-order valence-corrected chi connectivity index (χ0v) is 9.97. The number of carbonyl (C=O) groups is 1. The zero-order chi connectivity index (χ0) is 10.6. The van der Waals surface area contributed by atoms with Crippen LogP contribution >= 0.6 is 15.9 Å². The number of nitrogens with one attached hydrogen (secondary N) is 1. The number of amides is 1. The second-order valence-corrected chi connectivity index (χ2v) is 3.97. The highest BCUT2D eigenvalue weighted by atomic mass is 79.9. The van der Waals surface area contributed by atoms with Crippen LogP contribution in [-0.4, -0.2) is 39.9 Å². The van der Waals surface area contributed by atoms with Gasteiger partial charge in [-0.3, -0.25) is 9.89 Å². The maximum atomic E-state index is 11.8. The topological polar surface area (TPSA) is 49.0 Å². The Morgan fingerprint density at radius 1 is 1.71 bits per heavy atom. The van der Waals surface area contributed by atoms with Gasteiger partial charge < -0.3 is 4.90 Å². The minimum Gasteiger partial charge on any atom is -0.342 e. The molecular weight excluding hydrogens is 246 g/mol. The summed E-state index contributed by atoms with van der Waals surface area (Å²) in [5.41, 5.74) is 1.47. The third-order valence-corrected chi connectivity index (χ3v) is 2.59. The summed E-state index contributed by atoms with van der Waals surface area (Å²) in [4.78, 5) is 13.5. The van der Waals surface area contributed by atoms with Crippen molar-refractivity contribution in [1.82, 2.24) is 15.1 Å². The Kier molecular flexibility index (Phi) is 4.13. The van der Waals surface area contributed by atoms with Crippen LogP contribution < -0.4 is 0 Å². The number of aromatic amines is 1. The van der Waals surface area contributed by atoms with E-state index in [4.69, 9.17) is 0 Å². The molecule has 0 fully saturated rings. The number of hydrogen-bond donors (Lipinski definition) is 1. The number of alkyl halides is 1. The zero-order valence-electron chi connectivity index (χ0n) is 8.38. The van der Waals surface area contributed by atoms with Gasteiger partial charge in [-0.25, -0.2) is 0 Å². The van der Waals surface area contributed by atoms with Crippen LogP contribution in [0, 0.1) is 6.92 Å². The molecule has 1 amide bonds. The number of aromatic nitrogens is 2. The van der Waals surface area contributed by atoms with E-state index in [0.29, 0.717) is 5.56 Å². The molecular formula is C9H14BrN3O. The Morgan fingerprint density at radius 3 is 2.93 bits per heavy atom. The Morgan fingerprint density at radius 2 is 2.43 bits per heavy atom. The summed E-state index contributed by atoms with van der Waals surface area (Å²) in [6.07, 6.45) is 2.53. The molecule has 0 saturated carbocycles. The van der Waals surface area contributed by atoms with Crippen LogP contribution in [-0.2, 0) is 0 Å². The Balaban J connectivity index is 2.61. The van der Waals surface area contributed by atoms with E-state index in [2.05, 4.69) is 26.1 Å². The molecule has 1 aromatic rings. The normalized spacial score (nSPS) is 10.2. The lowest BCUT2D eigenvalue weighted by molar-refractivity contribution is 0.0795. The van der Waals surface area contributed by atoms with Gasteiger partial charge in [-0.2, -0.15) is 5.10 Å². The maximum absolute atomic E-state index is 11.8. The maximum Gasteiger partial charge on any atom is 0.257 e. The number of nitrogens with zero attached hydrogens (tertiary/aromatic N) is 2. The van der Waals surface area contributed by atoms with Crippen molar-refractivity contribution in [2.24, 2.45) is 0 Å². The number of halogens is 1. The number of H-pyrrole nitrogens is 1. The number of carbonyl (C=O) groups excluding carboxylic acids is 1. The summed E-state index contributed by atoms with van der Waals surface area (Å²) in [7, 11) is 1.80. The first-order valence-corrected chi connectivity index (χ1v) is 5.60. The van der Waals surface area contributed by atoms with Crippen molar-refractivity contribution < 1.29 is 4.79 Å². The number of rotatable bonds is 4. The highest BCUT2D eigenvalue weighted by Crippen LogP contribution is 2.06. The molecule has 0 atom stereocenters. The van der Waals surface area contributed by atoms with E-state index in [1.165, 1.54) is 0 Å². The minimum absolute atomic E-state index is 0.0252. The van der Waals surface area contributed by atoms with Gasteiger partial charge in [-0.15, -0.1) is 0 Å². The fourth-order valence-electron chi connectivity index (χ4n) is 1.17. The van der Waals surface area contributed by atoms with E-state index in [-0.39, 0.29) is 5.91 Å². The second kappa shape index (κ2) is 5.14. The van der Waals surface area contributed by atoms with Crippen molar-refractivity contribution in [3.63, 3.8) is 0 Å². The van der Waals surface area contributed by atoms with Crippen LogP contribution in [0.5, 0.6) is 0 Å². The van der Waals surface area contributed by atoms with Gasteiger partial charge in [0.1, 0.15) is 0 Å². The monoisotopic (exact) mass is 259 g/mol. The summed E-state index contributed by atoms with van der Waals surface area (Å²) in [5, 5.41) is 7.49. The predicted octanol–water partition coefficient (Wildman–Crippen LogP) is 1.58. The fraction of sp³-hybridized carbons (Fsp3) is 0.556. The van der Waals surface area contributed by atoms with Crippen molar-refractivity contribution in [2.75, 3.05) is 18.9 Å². The second-order valence-electron chi connectivity index (χ2n) is 3.18. The van der Waals surface area contributed by atoms with Gasteiger partial charge in [-0.05, 0) is 13.3 Å². The minimum atomic E-state index is 0.0252. The lowest BCUT2D eigenvalue weighted by Crippen LogP contribution is -2.28. The van der Waals surface area contributed by atoms with E-state index in [1.807, 2.05) is 6.92 Å². The molecule has 0 bridgehead atoms. The highest BCUT2D eigenvalue weighted by molar-refractivity contribution is 9.09. The molecule has 0 spiro atoms. The van der Waals surface area contributed by atoms with E-state index >= 15 is 0 Å². The van der Waals surface area contributed by atoms with Gasteiger partial charge in [0.2, 0.25) is 0 Å². The van der Waals surface area contributed by atoms with Crippen LogP contribution in [0.15, 0.2) is 6.20 Å². The summed E-state index contributed by atoms with van der Waals surface area (Å²) in [6.45, 7) is 2.60. The molecule has 0 aliphatic heterocycles. The van der Waals surface area contributed by atoms with Crippen LogP contribution in [0.25, 0.3) is 0 Å². The van der Waals surface area contributed by atoms with Gasteiger partial charge >= 0.3 is 0 Å². The number of aryl methyl sites for hydroxylation is 1. The van der Waals surface area contributed by atoms with Gasteiger partial charge in [0.05, 0.1) is 11.8 Å². The fourth-order valence-corrected chi connectivity index (χ4v) is 1.42. The first-order chi connectivity index (χ1) is 6.66. The summed E-state index contributed by atoms with van der Waals surface area (Å²) >= 11 is 3.33. The molecule has 0 aliphatic rings. The van der Waals surface area contributed by atoms with Crippen molar-refractivity contribution in [1.29, 1.82) is 0 Å². The van der Waals surface area contributed by atoms with Gasteiger partial charge in [0, 0.05) is 24.6 Å². The first-order valence-electron chi connectivity index (χ1n) is 4.48. The van der Waals surface area contributed by atoms with Gasteiger partial charge in [0.15, 0.2) is 0 Å². The summed E-state index contributed by atoms with van der Waals surface area (Å²) in [6, 6.07) is 0. The first kappa shape index (κ1) is 11.2. The molecule has 5 heteroatoms. The van der Waals surface area contributed by atoms with Crippen molar-refractivity contribution in [2.45, 2.75) is 13.3 Å². The predicted molar refractivity (Wildman–Crippen MR) is 58.7 cm³/mol. The molecule has 14 heavy (non-hydrogen) atoms. The van der Waals surface area contributed by atoms with Crippen LogP contribution in [0.3, 0.4) is 0 Å². The van der Waals surface area contributed by atoms with Gasteiger partial charge in [0.25, 0.3) is 5.91 Å². The average Bonchev–Trinajstić information content (AvgIpc) is 2.59. The SMILES string of the molecule is Cc1[nH]ncc1C(=O)N(C)CCCBr. The quantitative estimate of drug-likeness (QED) is 0.835. The lowest BCUT2D eigenvalue weighted by atomic mass is 10.2. The van der Waals surface area contributed by atoms with Crippen LogP contribution in [0.4, 0.5) is 0 Å². The van der Waals surface area contributed by atoms with E-state index < -0.39 is 0 Å². The van der Waals surface area contributed by atoms with Crippen LogP contribution in [0.2, 0.25) is 0 Å². The molecule has 1 heterocycles. The smallest absolute Gasteiger partial charge is 0.257 e. The van der Waals surface area contributed by atoms with Crippen molar-refractivity contribution in [3.8, 4) is 0 Å². The summed E-state index contributed by atoms with van der Waals surface area (Å²) in [5.74, 6) is 0.0252. The Bertz CT molecular complexity index is 311. The number of hydrogen-bond acceptors (Lipinski definition) is 2. The molecule has 0 aromatic carbocycles. The Labute approximate surface area is 91.8 Å². The molecule has 1 N–H and O–H groups in total. The van der Waals surface area contributed by atoms with E-state index in [0.717, 1.165) is 24.0 Å². The molecule has 0 unspecified atom stereocenters. The molecule has 1 aromatic heterocycles. The van der Waals surface area contributed by atoms with E-state index in [1.54, 1.807) is 18.1 Å². The van der Waals surface area contributed by atoms with Crippen LogP contribution in [0.1, 0.15) is 22.5 Å². The Hall–Kier alpha value is -0.840. The van der Waals surface area contributed by atoms with Crippen molar-refractivity contribution in [3.05, 3.63) is 17.5 Å². The summed E-state index contributed by atoms with van der Waals surface area (Å²) < 4.78 is 0. The molecule has 4 nitrogen and oxygen atoms in total. The average molecular weight is 260 g/mol. The van der Waals surface area contributed by atoms with Gasteiger partial charge in [-0.1, -0.05) is 15.9 Å². The molecule has 1 rings (SSSR count). The standard InChI is InChI=1S/C9H14BrN3O/c1-7-8(6-11-12-7)9(14)13(2)5-3-4-10/h6H,3-5H2,1-2H3,(H,11,12). The highest BCUT2D eigenvalue weighted by Gasteiger charge is 2.14. The van der Waals surface area contributed by atoms with E-state index in [9.17, 15) is 4.79 Å². The molecule has 0 aliphatic carbocycles. The largest absolute Gasteiger partial charge is 0.342 e. The molecule has 0 radical (unpaired) electrons. The molecule has 78 valence electrons. The third kappa shape index (κ3) is 2.57. The lowest BCUT2D eigenvalue weighted by Gasteiger charge is -2.15. The molecule has 0 saturated heterocycles.